The Labute approximate surface area is 115 Å². The number of nitrogens with one attached hydrogen (secondary N) is 1. The van der Waals surface area contributed by atoms with E-state index in [1.165, 1.54) is 18.4 Å². The van der Waals surface area contributed by atoms with Gasteiger partial charge in [0, 0.05) is 26.7 Å². The highest BCUT2D eigenvalue weighted by Gasteiger charge is 2.17. The molecule has 0 amide bonds. The van der Waals surface area contributed by atoms with E-state index in [1.807, 2.05) is 6.92 Å². The number of hydrogen-bond donors (Lipinski definition) is 2. The molecule has 2 unspecified atom stereocenters. The van der Waals surface area contributed by atoms with Gasteiger partial charge in [0.25, 0.3) is 0 Å². The summed E-state index contributed by atoms with van der Waals surface area (Å²) in [6.07, 6.45) is -0.407. The minimum Gasteiger partial charge on any atom is -0.392 e. The molecule has 0 spiro atoms. The van der Waals surface area contributed by atoms with Gasteiger partial charge in [-0.05, 0) is 31.5 Å². The van der Waals surface area contributed by atoms with Crippen LogP contribution in [0.3, 0.4) is 0 Å². The van der Waals surface area contributed by atoms with Crippen LogP contribution in [0.15, 0.2) is 29.2 Å². The molecular formula is C13H22N2O3S. The van der Waals surface area contributed by atoms with Crippen molar-refractivity contribution in [3.63, 3.8) is 0 Å². The summed E-state index contributed by atoms with van der Waals surface area (Å²) in [4.78, 5) is 0.281. The van der Waals surface area contributed by atoms with Crippen LogP contribution in [0.4, 0.5) is 0 Å². The van der Waals surface area contributed by atoms with E-state index in [9.17, 15) is 13.5 Å². The SMILES string of the molecule is CC(O)CNC(C)c1ccc(S(=O)(=O)N(C)C)cc1. The average Bonchev–Trinajstić information content (AvgIpc) is 2.35. The normalized spacial score (nSPS) is 15.5. The summed E-state index contributed by atoms with van der Waals surface area (Å²) in [6.45, 7) is 4.18. The van der Waals surface area contributed by atoms with Gasteiger partial charge in [-0.3, -0.25) is 0 Å². The van der Waals surface area contributed by atoms with Crippen LogP contribution in [-0.2, 0) is 10.0 Å². The molecule has 1 aromatic carbocycles. The molecular weight excluding hydrogens is 264 g/mol. The fourth-order valence-corrected chi connectivity index (χ4v) is 2.51. The van der Waals surface area contributed by atoms with Crippen LogP contribution in [0.1, 0.15) is 25.5 Å². The maximum Gasteiger partial charge on any atom is 0.242 e. The van der Waals surface area contributed by atoms with Crippen LogP contribution >= 0.6 is 0 Å². The number of aliphatic hydroxyl groups excluding tert-OH is 1. The van der Waals surface area contributed by atoms with Gasteiger partial charge in [0.15, 0.2) is 0 Å². The molecule has 1 rings (SSSR count). The molecule has 0 heterocycles. The van der Waals surface area contributed by atoms with Crippen molar-refractivity contribution in [3.8, 4) is 0 Å². The molecule has 6 heteroatoms. The lowest BCUT2D eigenvalue weighted by molar-refractivity contribution is 0.187. The van der Waals surface area contributed by atoms with E-state index in [-0.39, 0.29) is 10.9 Å². The molecule has 0 aliphatic rings. The number of benzene rings is 1. The van der Waals surface area contributed by atoms with Crippen LogP contribution in [0.2, 0.25) is 0 Å². The number of aliphatic hydroxyl groups is 1. The minimum absolute atomic E-state index is 0.0608. The topological polar surface area (TPSA) is 69.6 Å². The third-order valence-corrected chi connectivity index (χ3v) is 4.71. The van der Waals surface area contributed by atoms with Crippen molar-refractivity contribution < 1.29 is 13.5 Å². The number of nitrogens with zero attached hydrogens (tertiary/aromatic N) is 1. The Morgan fingerprint density at radius 1 is 1.21 bits per heavy atom. The zero-order valence-electron chi connectivity index (χ0n) is 11.8. The molecule has 2 N–H and O–H groups in total. The Balaban J connectivity index is 2.82. The van der Waals surface area contributed by atoms with Crippen LogP contribution in [0.5, 0.6) is 0 Å². The first-order chi connectivity index (χ1) is 8.75. The van der Waals surface area contributed by atoms with Crippen molar-refractivity contribution in [2.75, 3.05) is 20.6 Å². The maximum absolute atomic E-state index is 11.9. The smallest absolute Gasteiger partial charge is 0.242 e. The van der Waals surface area contributed by atoms with Crippen molar-refractivity contribution in [2.24, 2.45) is 0 Å². The molecule has 19 heavy (non-hydrogen) atoms. The lowest BCUT2D eigenvalue weighted by Gasteiger charge is -2.16. The number of sulfonamides is 1. The van der Waals surface area contributed by atoms with E-state index in [4.69, 9.17) is 0 Å². The second kappa shape index (κ2) is 6.47. The van der Waals surface area contributed by atoms with Gasteiger partial charge in [0.05, 0.1) is 11.0 Å². The van der Waals surface area contributed by atoms with Crippen molar-refractivity contribution in [1.29, 1.82) is 0 Å². The van der Waals surface area contributed by atoms with Gasteiger partial charge in [-0.2, -0.15) is 0 Å². The summed E-state index contributed by atoms with van der Waals surface area (Å²) >= 11 is 0. The summed E-state index contributed by atoms with van der Waals surface area (Å²) in [5.74, 6) is 0. The van der Waals surface area contributed by atoms with Crippen molar-refractivity contribution >= 4 is 10.0 Å². The van der Waals surface area contributed by atoms with Crippen LogP contribution in [-0.4, -0.2) is 44.6 Å². The first-order valence-corrected chi connectivity index (χ1v) is 7.63. The quantitative estimate of drug-likeness (QED) is 0.817. The molecule has 0 aromatic heterocycles. The van der Waals surface area contributed by atoms with Gasteiger partial charge >= 0.3 is 0 Å². The molecule has 1 aromatic rings. The van der Waals surface area contributed by atoms with Gasteiger partial charge in [0.2, 0.25) is 10.0 Å². The molecule has 0 aliphatic heterocycles. The molecule has 0 radical (unpaired) electrons. The fourth-order valence-electron chi connectivity index (χ4n) is 1.60. The average molecular weight is 286 g/mol. The molecule has 5 nitrogen and oxygen atoms in total. The van der Waals surface area contributed by atoms with Crippen molar-refractivity contribution in [3.05, 3.63) is 29.8 Å². The van der Waals surface area contributed by atoms with Crippen LogP contribution < -0.4 is 5.32 Å². The third-order valence-electron chi connectivity index (χ3n) is 2.88. The molecule has 0 aliphatic carbocycles. The Kier molecular flexibility index (Phi) is 5.49. The highest BCUT2D eigenvalue weighted by molar-refractivity contribution is 7.89. The van der Waals surface area contributed by atoms with Gasteiger partial charge in [0.1, 0.15) is 0 Å². The predicted octanol–water partition coefficient (Wildman–Crippen LogP) is 0.968. The number of rotatable bonds is 6. The standard InChI is InChI=1S/C13H22N2O3S/c1-10(16)9-14-11(2)12-5-7-13(8-6-12)19(17,18)15(3)4/h5-8,10-11,14,16H,9H2,1-4H3. The lowest BCUT2D eigenvalue weighted by atomic mass is 10.1. The molecule has 0 bridgehead atoms. The van der Waals surface area contributed by atoms with Gasteiger partial charge in [-0.15, -0.1) is 0 Å². The maximum atomic E-state index is 11.9. The van der Waals surface area contributed by atoms with Gasteiger partial charge < -0.3 is 10.4 Å². The third kappa shape index (κ3) is 4.28. The highest BCUT2D eigenvalue weighted by Crippen LogP contribution is 2.18. The molecule has 0 saturated carbocycles. The van der Waals surface area contributed by atoms with Gasteiger partial charge in [-0.25, -0.2) is 12.7 Å². The predicted molar refractivity (Wildman–Crippen MR) is 75.4 cm³/mol. The summed E-state index contributed by atoms with van der Waals surface area (Å²) in [5.41, 5.74) is 0.985. The first-order valence-electron chi connectivity index (χ1n) is 6.19. The number of hydrogen-bond acceptors (Lipinski definition) is 4. The highest BCUT2D eigenvalue weighted by atomic mass is 32.2. The second-order valence-electron chi connectivity index (χ2n) is 4.84. The fraction of sp³-hybridized carbons (Fsp3) is 0.538. The summed E-state index contributed by atoms with van der Waals surface area (Å²) in [5, 5.41) is 12.4. The first kappa shape index (κ1) is 16.1. The van der Waals surface area contributed by atoms with E-state index in [2.05, 4.69) is 5.32 Å². The summed E-state index contributed by atoms with van der Waals surface area (Å²) in [7, 11) is -0.352. The zero-order valence-corrected chi connectivity index (χ0v) is 12.6. The van der Waals surface area contributed by atoms with Crippen molar-refractivity contribution in [1.82, 2.24) is 9.62 Å². The monoisotopic (exact) mass is 286 g/mol. The Morgan fingerprint density at radius 3 is 2.16 bits per heavy atom. The Bertz CT molecular complexity index is 495. The van der Waals surface area contributed by atoms with Gasteiger partial charge in [-0.1, -0.05) is 12.1 Å². The minimum atomic E-state index is -3.37. The second-order valence-corrected chi connectivity index (χ2v) is 6.99. The molecule has 108 valence electrons. The molecule has 2 atom stereocenters. The Morgan fingerprint density at radius 2 is 1.74 bits per heavy atom. The largest absolute Gasteiger partial charge is 0.392 e. The van der Waals surface area contributed by atoms with E-state index in [0.29, 0.717) is 6.54 Å². The lowest BCUT2D eigenvalue weighted by Crippen LogP contribution is -2.27. The van der Waals surface area contributed by atoms with E-state index in [0.717, 1.165) is 5.56 Å². The van der Waals surface area contributed by atoms with E-state index in [1.54, 1.807) is 31.2 Å². The van der Waals surface area contributed by atoms with Crippen LogP contribution in [0.25, 0.3) is 0 Å². The van der Waals surface area contributed by atoms with E-state index >= 15 is 0 Å². The summed E-state index contributed by atoms with van der Waals surface area (Å²) in [6, 6.07) is 6.84. The molecule has 0 saturated heterocycles. The van der Waals surface area contributed by atoms with E-state index < -0.39 is 16.1 Å². The zero-order chi connectivity index (χ0) is 14.6. The van der Waals surface area contributed by atoms with Crippen molar-refractivity contribution in [2.45, 2.75) is 30.9 Å². The Hall–Kier alpha value is -0.950. The summed E-state index contributed by atoms with van der Waals surface area (Å²) < 4.78 is 25.0. The van der Waals surface area contributed by atoms with Crippen LogP contribution in [0, 0.1) is 0 Å². The molecule has 0 fully saturated rings.